The number of aryl methyl sites for hydroxylation is 1. The third-order valence-electron chi connectivity index (χ3n) is 8.68. The summed E-state index contributed by atoms with van der Waals surface area (Å²) >= 11 is 2.80. The van der Waals surface area contributed by atoms with Crippen LogP contribution in [-0.4, -0.2) is 22.0 Å². The van der Waals surface area contributed by atoms with E-state index in [0.717, 1.165) is 44.5 Å². The molecule has 2 bridgehead atoms. The number of rotatable bonds is 2. The van der Waals surface area contributed by atoms with Crippen molar-refractivity contribution in [3.63, 3.8) is 0 Å². The SMILES string of the molecule is Cc1ccccc1[C@H]1c2sc(=O)[nH]c2S[C@@H]2[C@H]3C[C@@H]([C@H]4C(=O)N(c5cccc(C(F)(F)F)c5)C(=O)[C@H]34)[C@@H]12. The number of fused-ring (bicyclic) bond motifs is 9. The van der Waals surface area contributed by atoms with Crippen molar-refractivity contribution in [2.45, 2.75) is 35.7 Å². The van der Waals surface area contributed by atoms with Crippen LogP contribution in [0.4, 0.5) is 18.9 Å². The number of aromatic nitrogens is 1. The van der Waals surface area contributed by atoms with E-state index in [1.165, 1.54) is 23.5 Å². The molecule has 3 fully saturated rings. The number of hydrogen-bond acceptors (Lipinski definition) is 5. The zero-order chi connectivity index (χ0) is 25.8. The third-order valence-corrected chi connectivity index (χ3v) is 11.3. The van der Waals surface area contributed by atoms with Gasteiger partial charge in [-0.3, -0.25) is 19.3 Å². The topological polar surface area (TPSA) is 70.2 Å². The summed E-state index contributed by atoms with van der Waals surface area (Å²) in [7, 11) is 0. The normalized spacial score (nSPS) is 32.0. The Morgan fingerprint density at radius 3 is 2.43 bits per heavy atom. The first kappa shape index (κ1) is 23.3. The summed E-state index contributed by atoms with van der Waals surface area (Å²) in [5, 5.41) is 0.868. The molecule has 1 N–H and O–H groups in total. The zero-order valence-corrected chi connectivity index (χ0v) is 21.1. The molecule has 3 aromatic rings. The van der Waals surface area contributed by atoms with Crippen LogP contribution in [-0.2, 0) is 15.8 Å². The van der Waals surface area contributed by atoms with Crippen LogP contribution < -0.4 is 9.77 Å². The first-order chi connectivity index (χ1) is 17.6. The third kappa shape index (κ3) is 3.21. The van der Waals surface area contributed by atoms with Gasteiger partial charge in [0.25, 0.3) is 0 Å². The average Bonchev–Trinajstić information content (AvgIpc) is 3.58. The summed E-state index contributed by atoms with van der Waals surface area (Å²) in [6, 6.07) is 12.5. The van der Waals surface area contributed by atoms with Crippen molar-refractivity contribution in [2.75, 3.05) is 4.90 Å². The van der Waals surface area contributed by atoms with Gasteiger partial charge in [-0.25, -0.2) is 0 Å². The van der Waals surface area contributed by atoms with Crippen LogP contribution in [0, 0.1) is 36.5 Å². The second-order valence-electron chi connectivity index (χ2n) is 10.4. The number of nitrogens with zero attached hydrogens (tertiary/aromatic N) is 1. The number of aromatic amines is 1. The molecule has 2 aliphatic carbocycles. The number of amides is 2. The Kier molecular flexibility index (Phi) is 4.93. The molecule has 10 heteroatoms. The van der Waals surface area contributed by atoms with Crippen LogP contribution in [0.5, 0.6) is 0 Å². The van der Waals surface area contributed by atoms with Crippen LogP contribution in [0.25, 0.3) is 0 Å². The lowest BCUT2D eigenvalue weighted by Crippen LogP contribution is -2.42. The number of benzene rings is 2. The van der Waals surface area contributed by atoms with E-state index in [4.69, 9.17) is 0 Å². The Bertz CT molecular complexity index is 1530. The van der Waals surface area contributed by atoms with Crippen molar-refractivity contribution in [3.8, 4) is 0 Å². The summed E-state index contributed by atoms with van der Waals surface area (Å²) in [6.45, 7) is 2.04. The first-order valence-corrected chi connectivity index (χ1v) is 13.8. The minimum atomic E-state index is -4.57. The summed E-state index contributed by atoms with van der Waals surface area (Å²) in [4.78, 5) is 44.6. The monoisotopic (exact) mass is 542 g/mol. The van der Waals surface area contributed by atoms with Gasteiger partial charge in [0.1, 0.15) is 0 Å². The largest absolute Gasteiger partial charge is 0.416 e. The van der Waals surface area contributed by atoms with Crippen LogP contribution in [0.3, 0.4) is 0 Å². The molecular weight excluding hydrogens is 521 g/mol. The molecule has 7 atom stereocenters. The Morgan fingerprint density at radius 1 is 0.973 bits per heavy atom. The van der Waals surface area contributed by atoms with Crippen molar-refractivity contribution < 1.29 is 22.8 Å². The highest BCUT2D eigenvalue weighted by Crippen LogP contribution is 2.68. The fourth-order valence-electron chi connectivity index (χ4n) is 7.38. The molecule has 2 saturated carbocycles. The highest BCUT2D eigenvalue weighted by Gasteiger charge is 2.69. The van der Waals surface area contributed by atoms with E-state index in [1.54, 1.807) is 11.8 Å². The van der Waals surface area contributed by atoms with Crippen molar-refractivity contribution in [3.05, 3.63) is 79.8 Å². The summed E-state index contributed by atoms with van der Waals surface area (Å²) in [5.74, 6) is -2.11. The van der Waals surface area contributed by atoms with Gasteiger partial charge in [-0.1, -0.05) is 41.7 Å². The first-order valence-electron chi connectivity index (χ1n) is 12.2. The molecule has 7 rings (SSSR count). The predicted octanol–water partition coefficient (Wildman–Crippen LogP) is 5.44. The number of anilines is 1. The molecule has 2 aromatic carbocycles. The molecule has 1 saturated heterocycles. The van der Waals surface area contributed by atoms with Crippen LogP contribution in [0.15, 0.2) is 58.4 Å². The predicted molar refractivity (Wildman–Crippen MR) is 134 cm³/mol. The van der Waals surface area contributed by atoms with Gasteiger partial charge in [0.15, 0.2) is 0 Å². The summed E-state index contributed by atoms with van der Waals surface area (Å²) in [5.41, 5.74) is 1.31. The number of hydrogen-bond donors (Lipinski definition) is 1. The second-order valence-corrected chi connectivity index (χ2v) is 12.6. The van der Waals surface area contributed by atoms with Crippen LogP contribution >= 0.6 is 23.1 Å². The van der Waals surface area contributed by atoms with E-state index in [0.29, 0.717) is 0 Å². The number of H-pyrrole nitrogens is 1. The molecule has 1 aromatic heterocycles. The Balaban J connectivity index is 1.31. The van der Waals surface area contributed by atoms with Crippen molar-refractivity contribution in [1.29, 1.82) is 0 Å². The van der Waals surface area contributed by atoms with Gasteiger partial charge in [0, 0.05) is 16.0 Å². The molecule has 5 nitrogen and oxygen atoms in total. The van der Waals surface area contributed by atoms with Crippen LogP contribution in [0.1, 0.15) is 33.9 Å². The average molecular weight is 543 g/mol. The molecule has 4 aliphatic rings. The quantitative estimate of drug-likeness (QED) is 0.438. The maximum Gasteiger partial charge on any atom is 0.416 e. The Labute approximate surface area is 218 Å². The second kappa shape index (κ2) is 7.83. The molecule has 2 amide bonds. The number of alkyl halides is 3. The molecular formula is C27H21F3N2O3S2. The highest BCUT2D eigenvalue weighted by molar-refractivity contribution is 8.00. The Morgan fingerprint density at radius 2 is 1.70 bits per heavy atom. The summed E-state index contributed by atoms with van der Waals surface area (Å²) < 4.78 is 40.1. The van der Waals surface area contributed by atoms with Gasteiger partial charge in [-0.15, -0.1) is 11.8 Å². The number of thiazole rings is 1. The van der Waals surface area contributed by atoms with Gasteiger partial charge in [0.05, 0.1) is 28.1 Å². The lowest BCUT2D eigenvalue weighted by molar-refractivity contribution is -0.137. The van der Waals surface area contributed by atoms with Gasteiger partial charge >= 0.3 is 11.0 Å². The molecule has 3 heterocycles. The fraction of sp³-hybridized carbons (Fsp3) is 0.370. The standard InChI is InChI=1S/C27H21F3N2O3S2/c1-11-5-2-3-8-14(11)17-18-15-10-16(21(18)36-23-22(17)37-26(35)31-23)20-19(15)24(33)32(25(20)34)13-7-4-6-12(9-13)27(28,29)30/h2-9,15-21H,10H2,1H3,(H,31,35)/t15-,16+,17-,18+,19-,20-,21-/m1/s1. The minimum absolute atomic E-state index is 0.0202. The molecule has 0 unspecified atom stereocenters. The van der Waals surface area contributed by atoms with Crippen molar-refractivity contribution >= 4 is 40.6 Å². The maximum atomic E-state index is 13.7. The Hall–Kier alpha value is -2.85. The smallest absolute Gasteiger partial charge is 0.307 e. The number of carbonyl (C=O) groups excluding carboxylic acids is 2. The van der Waals surface area contributed by atoms with Gasteiger partial charge in [0.2, 0.25) is 11.8 Å². The lowest BCUT2D eigenvalue weighted by Gasteiger charge is -2.43. The van der Waals surface area contributed by atoms with Gasteiger partial charge in [-0.05, 0) is 60.4 Å². The molecule has 0 spiro atoms. The number of nitrogens with one attached hydrogen (secondary N) is 1. The van der Waals surface area contributed by atoms with E-state index in [-0.39, 0.29) is 39.5 Å². The molecule has 2 aliphatic heterocycles. The van der Waals surface area contributed by atoms with Crippen LogP contribution in [0.2, 0.25) is 0 Å². The fourth-order valence-corrected chi connectivity index (χ4v) is 10.3. The molecule has 37 heavy (non-hydrogen) atoms. The van der Waals surface area contributed by atoms with E-state index in [2.05, 4.69) is 11.1 Å². The molecule has 0 radical (unpaired) electrons. The van der Waals surface area contributed by atoms with Crippen molar-refractivity contribution in [1.82, 2.24) is 4.98 Å². The van der Waals surface area contributed by atoms with Gasteiger partial charge in [-0.2, -0.15) is 13.2 Å². The number of imide groups is 1. The van der Waals surface area contributed by atoms with E-state index in [9.17, 15) is 27.6 Å². The van der Waals surface area contributed by atoms with Crippen molar-refractivity contribution in [2.24, 2.45) is 29.6 Å². The molecule has 190 valence electrons. The van der Waals surface area contributed by atoms with E-state index < -0.39 is 35.4 Å². The number of carbonyl (C=O) groups is 2. The minimum Gasteiger partial charge on any atom is -0.307 e. The maximum absolute atomic E-state index is 13.7. The van der Waals surface area contributed by atoms with E-state index in [1.807, 2.05) is 25.1 Å². The van der Waals surface area contributed by atoms with E-state index >= 15 is 0 Å². The summed E-state index contributed by atoms with van der Waals surface area (Å²) in [6.07, 6.45) is -3.84. The highest BCUT2D eigenvalue weighted by atomic mass is 32.2. The number of halogens is 3. The lowest BCUT2D eigenvalue weighted by atomic mass is 9.67. The van der Waals surface area contributed by atoms with Gasteiger partial charge < -0.3 is 4.98 Å². The number of thioether (sulfide) groups is 1. The zero-order valence-electron chi connectivity index (χ0n) is 19.5.